The Hall–Kier alpha value is -1.55. The van der Waals surface area contributed by atoms with Gasteiger partial charge in [0.1, 0.15) is 5.75 Å². The van der Waals surface area contributed by atoms with Crippen molar-refractivity contribution in [3.63, 3.8) is 0 Å². The molecule has 0 saturated heterocycles. The van der Waals surface area contributed by atoms with Crippen LogP contribution in [0.2, 0.25) is 0 Å². The number of guanidine groups is 1. The second kappa shape index (κ2) is 13.7. The van der Waals surface area contributed by atoms with Gasteiger partial charge in [0.15, 0.2) is 5.96 Å². The molecule has 8 heteroatoms. The number of amides is 1. The zero-order chi connectivity index (χ0) is 17.8. The molecule has 0 heterocycles. The van der Waals surface area contributed by atoms with Crippen molar-refractivity contribution in [3.05, 3.63) is 29.3 Å². The number of carbonyl (C=O) groups is 1. The number of rotatable bonds is 9. The van der Waals surface area contributed by atoms with Crippen molar-refractivity contribution in [2.75, 3.05) is 47.5 Å². The van der Waals surface area contributed by atoms with E-state index in [1.165, 1.54) is 5.56 Å². The van der Waals surface area contributed by atoms with Crippen LogP contribution >= 0.6 is 24.0 Å². The first-order valence-corrected chi connectivity index (χ1v) is 7.94. The van der Waals surface area contributed by atoms with E-state index in [0.29, 0.717) is 25.7 Å². The molecule has 0 aliphatic heterocycles. The monoisotopic (exact) mass is 464 g/mol. The number of methoxy groups -OCH3 is 2. The lowest BCUT2D eigenvalue weighted by atomic mass is 10.1. The number of aliphatic imine (C=N–C) groups is 1. The van der Waals surface area contributed by atoms with E-state index in [9.17, 15) is 4.79 Å². The quantitative estimate of drug-likeness (QED) is 0.221. The maximum atomic E-state index is 11.6. The average molecular weight is 464 g/mol. The van der Waals surface area contributed by atoms with Crippen LogP contribution in [0.5, 0.6) is 5.75 Å². The SMILES string of the molecule is CN=C(NCCc1cc(C)ccc1OC)NCC(=O)NCCOC.I. The van der Waals surface area contributed by atoms with Crippen molar-refractivity contribution < 1.29 is 14.3 Å². The minimum Gasteiger partial charge on any atom is -0.496 e. The molecule has 0 aromatic heterocycles. The lowest BCUT2D eigenvalue weighted by Gasteiger charge is -2.13. The number of ether oxygens (including phenoxy) is 2. The highest BCUT2D eigenvalue weighted by molar-refractivity contribution is 14.0. The summed E-state index contributed by atoms with van der Waals surface area (Å²) in [5.41, 5.74) is 2.33. The first kappa shape index (κ1) is 23.4. The molecule has 0 aliphatic carbocycles. The van der Waals surface area contributed by atoms with Crippen LogP contribution in [0.25, 0.3) is 0 Å². The number of hydrogen-bond donors (Lipinski definition) is 3. The Morgan fingerprint density at radius 1 is 1.16 bits per heavy atom. The summed E-state index contributed by atoms with van der Waals surface area (Å²) in [6.45, 7) is 3.90. The van der Waals surface area contributed by atoms with E-state index in [1.54, 1.807) is 21.3 Å². The molecule has 0 atom stereocenters. The summed E-state index contributed by atoms with van der Waals surface area (Å²) in [4.78, 5) is 15.7. The van der Waals surface area contributed by atoms with Gasteiger partial charge in [-0.3, -0.25) is 9.79 Å². The van der Waals surface area contributed by atoms with Crippen molar-refractivity contribution >= 4 is 35.8 Å². The molecule has 25 heavy (non-hydrogen) atoms. The molecule has 0 aliphatic rings. The van der Waals surface area contributed by atoms with E-state index in [-0.39, 0.29) is 36.4 Å². The van der Waals surface area contributed by atoms with E-state index < -0.39 is 0 Å². The highest BCUT2D eigenvalue weighted by Crippen LogP contribution is 2.19. The molecule has 0 bridgehead atoms. The predicted octanol–water partition coefficient (Wildman–Crippen LogP) is 1.09. The molecule has 0 saturated carbocycles. The maximum absolute atomic E-state index is 11.6. The number of benzene rings is 1. The lowest BCUT2D eigenvalue weighted by molar-refractivity contribution is -0.120. The fourth-order valence-electron chi connectivity index (χ4n) is 2.16. The van der Waals surface area contributed by atoms with Gasteiger partial charge in [-0.2, -0.15) is 0 Å². The van der Waals surface area contributed by atoms with Gasteiger partial charge in [-0.05, 0) is 25.0 Å². The smallest absolute Gasteiger partial charge is 0.239 e. The molecular weight excluding hydrogens is 435 g/mol. The Labute approximate surface area is 167 Å². The number of carbonyl (C=O) groups excluding carboxylic acids is 1. The lowest BCUT2D eigenvalue weighted by Crippen LogP contribution is -2.44. The third-order valence-electron chi connectivity index (χ3n) is 3.39. The predicted molar refractivity (Wildman–Crippen MR) is 111 cm³/mol. The van der Waals surface area contributed by atoms with E-state index >= 15 is 0 Å². The highest BCUT2D eigenvalue weighted by atomic mass is 127. The van der Waals surface area contributed by atoms with Crippen molar-refractivity contribution in [3.8, 4) is 5.75 Å². The Morgan fingerprint density at radius 2 is 1.92 bits per heavy atom. The molecule has 7 nitrogen and oxygen atoms in total. The van der Waals surface area contributed by atoms with Crippen LogP contribution in [-0.2, 0) is 16.0 Å². The van der Waals surface area contributed by atoms with Gasteiger partial charge in [-0.1, -0.05) is 17.7 Å². The van der Waals surface area contributed by atoms with Gasteiger partial charge in [-0.15, -0.1) is 24.0 Å². The third-order valence-corrected chi connectivity index (χ3v) is 3.39. The topological polar surface area (TPSA) is 84.0 Å². The first-order valence-electron chi connectivity index (χ1n) is 7.94. The van der Waals surface area contributed by atoms with E-state index in [0.717, 1.165) is 17.7 Å². The van der Waals surface area contributed by atoms with Crippen LogP contribution < -0.4 is 20.7 Å². The molecule has 1 aromatic rings. The summed E-state index contributed by atoms with van der Waals surface area (Å²) in [5.74, 6) is 1.36. The first-order chi connectivity index (χ1) is 11.6. The van der Waals surface area contributed by atoms with Crippen molar-refractivity contribution in [2.45, 2.75) is 13.3 Å². The van der Waals surface area contributed by atoms with Crippen molar-refractivity contribution in [1.82, 2.24) is 16.0 Å². The molecule has 0 fully saturated rings. The fourth-order valence-corrected chi connectivity index (χ4v) is 2.16. The van der Waals surface area contributed by atoms with Gasteiger partial charge in [0.25, 0.3) is 0 Å². The summed E-state index contributed by atoms with van der Waals surface area (Å²) in [7, 11) is 4.94. The van der Waals surface area contributed by atoms with Gasteiger partial charge < -0.3 is 25.4 Å². The molecule has 0 radical (unpaired) electrons. The van der Waals surface area contributed by atoms with Gasteiger partial charge in [0.2, 0.25) is 5.91 Å². The molecule has 142 valence electrons. The number of hydrogen-bond acceptors (Lipinski definition) is 4. The Balaban J connectivity index is 0.00000576. The second-order valence-corrected chi connectivity index (χ2v) is 5.26. The molecule has 0 unspecified atom stereocenters. The molecule has 1 rings (SSSR count). The maximum Gasteiger partial charge on any atom is 0.239 e. The van der Waals surface area contributed by atoms with Crippen LogP contribution in [0.1, 0.15) is 11.1 Å². The number of halogens is 1. The van der Waals surface area contributed by atoms with Crippen LogP contribution in [0.3, 0.4) is 0 Å². The van der Waals surface area contributed by atoms with Crippen LogP contribution in [0.4, 0.5) is 0 Å². The summed E-state index contributed by atoms with van der Waals surface area (Å²) in [6.07, 6.45) is 0.797. The fraction of sp³-hybridized carbons (Fsp3) is 0.529. The minimum absolute atomic E-state index is 0. The normalized spacial score (nSPS) is 10.6. The number of nitrogens with one attached hydrogen (secondary N) is 3. The standard InChI is InChI=1S/C17H28N4O3.HI/c1-13-5-6-15(24-4)14(11-13)7-8-20-17(18-2)21-12-16(22)19-9-10-23-3;/h5-6,11H,7-10,12H2,1-4H3,(H,19,22)(H2,18,20,21);1H. The average Bonchev–Trinajstić information content (AvgIpc) is 2.58. The van der Waals surface area contributed by atoms with Gasteiger partial charge >= 0.3 is 0 Å². The molecule has 1 aromatic carbocycles. The third kappa shape index (κ3) is 9.49. The highest BCUT2D eigenvalue weighted by Gasteiger charge is 2.05. The largest absolute Gasteiger partial charge is 0.496 e. The summed E-state index contributed by atoms with van der Waals surface area (Å²) in [5, 5.41) is 8.91. The van der Waals surface area contributed by atoms with Gasteiger partial charge in [0, 0.05) is 27.2 Å². The van der Waals surface area contributed by atoms with Crippen molar-refractivity contribution in [1.29, 1.82) is 0 Å². The van der Waals surface area contributed by atoms with E-state index in [1.807, 2.05) is 12.1 Å². The molecule has 0 spiro atoms. The zero-order valence-corrected chi connectivity index (χ0v) is 17.7. The molecular formula is C17H29IN4O3. The summed E-state index contributed by atoms with van der Waals surface area (Å²) < 4.78 is 10.3. The second-order valence-electron chi connectivity index (χ2n) is 5.26. The van der Waals surface area contributed by atoms with Crippen LogP contribution in [0.15, 0.2) is 23.2 Å². The van der Waals surface area contributed by atoms with Gasteiger partial charge in [0.05, 0.1) is 20.3 Å². The Morgan fingerprint density at radius 3 is 2.56 bits per heavy atom. The minimum atomic E-state index is -0.102. The Bertz CT molecular complexity index is 553. The summed E-state index contributed by atoms with van der Waals surface area (Å²) >= 11 is 0. The molecule has 3 N–H and O–H groups in total. The Kier molecular flexibility index (Phi) is 12.9. The zero-order valence-electron chi connectivity index (χ0n) is 15.3. The van der Waals surface area contributed by atoms with Gasteiger partial charge in [-0.25, -0.2) is 0 Å². The van der Waals surface area contributed by atoms with Crippen LogP contribution in [0, 0.1) is 6.92 Å². The number of nitrogens with zero attached hydrogens (tertiary/aromatic N) is 1. The number of aryl methyl sites for hydroxylation is 1. The van der Waals surface area contributed by atoms with Crippen LogP contribution in [-0.4, -0.2) is 59.4 Å². The van der Waals surface area contributed by atoms with Crippen molar-refractivity contribution in [2.24, 2.45) is 4.99 Å². The van der Waals surface area contributed by atoms with E-state index in [2.05, 4.69) is 33.9 Å². The molecule has 1 amide bonds. The van der Waals surface area contributed by atoms with E-state index in [4.69, 9.17) is 9.47 Å². The summed E-state index contributed by atoms with van der Waals surface area (Å²) in [6, 6.07) is 6.11.